The smallest absolute Gasteiger partial charge is 0.185 e. The molecule has 1 heterocycles. The van der Waals surface area contributed by atoms with Gasteiger partial charge in [-0.1, -0.05) is 34.1 Å². The average Bonchev–Trinajstić information content (AvgIpc) is 2.83. The minimum absolute atomic E-state index is 0.00966. The number of nitrogens with zero attached hydrogens (tertiary/aromatic N) is 1. The lowest BCUT2D eigenvalue weighted by Crippen LogP contribution is -1.92. The molecule has 0 radical (unpaired) electrons. The van der Waals surface area contributed by atoms with Gasteiger partial charge in [-0.25, -0.2) is 0 Å². The summed E-state index contributed by atoms with van der Waals surface area (Å²) in [6, 6.07) is 15.6. The number of hydrogen-bond acceptors (Lipinski definition) is 1. The van der Waals surface area contributed by atoms with E-state index < -0.39 is 0 Å². The van der Waals surface area contributed by atoms with E-state index in [9.17, 15) is 4.79 Å². The molecule has 0 unspecified atom stereocenters. The van der Waals surface area contributed by atoms with E-state index in [4.69, 9.17) is 0 Å². The van der Waals surface area contributed by atoms with E-state index >= 15 is 0 Å². The van der Waals surface area contributed by atoms with Crippen LogP contribution in [-0.4, -0.2) is 10.4 Å². The van der Waals surface area contributed by atoms with Gasteiger partial charge in [0.05, 0.1) is 0 Å². The Hall–Kier alpha value is -2.13. The number of ketones is 1. The van der Waals surface area contributed by atoms with E-state index in [1.54, 1.807) is 6.08 Å². The zero-order valence-corrected chi connectivity index (χ0v) is 13.2. The molecule has 21 heavy (non-hydrogen) atoms. The molecule has 0 fully saturated rings. The lowest BCUT2D eigenvalue weighted by Gasteiger charge is -1.96. The van der Waals surface area contributed by atoms with Gasteiger partial charge < -0.3 is 4.57 Å². The largest absolute Gasteiger partial charge is 0.350 e. The van der Waals surface area contributed by atoms with Crippen molar-refractivity contribution in [2.75, 3.05) is 0 Å². The maximum atomic E-state index is 12.2. The predicted octanol–water partition coefficient (Wildman–Crippen LogP) is 4.84. The second-order valence-corrected chi connectivity index (χ2v) is 5.83. The number of aryl methyl sites for hydroxylation is 1. The fourth-order valence-electron chi connectivity index (χ4n) is 2.38. The third-order valence-corrected chi connectivity index (χ3v) is 4.00. The summed E-state index contributed by atoms with van der Waals surface area (Å²) in [5, 5.41) is 1.15. The van der Waals surface area contributed by atoms with E-state index in [1.807, 2.05) is 55.7 Å². The molecule has 3 aromatic rings. The first-order valence-corrected chi connectivity index (χ1v) is 7.46. The molecule has 2 nitrogen and oxygen atoms in total. The van der Waals surface area contributed by atoms with Crippen LogP contribution < -0.4 is 0 Å². The number of carbonyl (C=O) groups excluding carboxylic acids is 1. The second-order valence-electron chi connectivity index (χ2n) is 4.92. The fourth-order valence-corrected chi connectivity index (χ4v) is 2.65. The van der Waals surface area contributed by atoms with Crippen molar-refractivity contribution in [2.24, 2.45) is 7.05 Å². The standard InChI is InChI=1S/C18H14BrNO/c1-20-12-14(16-4-2-3-5-17(16)20)8-11-18(21)13-6-9-15(19)10-7-13/h2-12H,1H3/b11-8+. The maximum Gasteiger partial charge on any atom is 0.185 e. The molecular weight excluding hydrogens is 326 g/mol. The maximum absolute atomic E-state index is 12.2. The number of fused-ring (bicyclic) bond motifs is 1. The summed E-state index contributed by atoms with van der Waals surface area (Å²) in [6.45, 7) is 0. The Labute approximate surface area is 131 Å². The van der Waals surface area contributed by atoms with Crippen molar-refractivity contribution in [3.63, 3.8) is 0 Å². The SMILES string of the molecule is Cn1cc(/C=C/C(=O)c2ccc(Br)cc2)c2ccccc21. The molecule has 104 valence electrons. The van der Waals surface area contributed by atoms with Crippen molar-refractivity contribution in [2.45, 2.75) is 0 Å². The number of carbonyl (C=O) groups is 1. The molecule has 2 aromatic carbocycles. The number of benzene rings is 2. The summed E-state index contributed by atoms with van der Waals surface area (Å²) < 4.78 is 3.04. The monoisotopic (exact) mass is 339 g/mol. The summed E-state index contributed by atoms with van der Waals surface area (Å²) in [6.07, 6.45) is 5.55. The molecule has 0 aliphatic heterocycles. The van der Waals surface area contributed by atoms with Gasteiger partial charge in [-0.05, 0) is 42.5 Å². The van der Waals surface area contributed by atoms with E-state index in [0.717, 1.165) is 20.9 Å². The first kappa shape index (κ1) is 13.8. The first-order chi connectivity index (χ1) is 10.1. The van der Waals surface area contributed by atoms with Crippen LogP contribution in [0.5, 0.6) is 0 Å². The van der Waals surface area contributed by atoms with Gasteiger partial charge >= 0.3 is 0 Å². The molecule has 3 rings (SSSR count). The number of aromatic nitrogens is 1. The number of halogens is 1. The Balaban J connectivity index is 1.91. The molecule has 0 bridgehead atoms. The van der Waals surface area contributed by atoms with Crippen molar-refractivity contribution in [3.8, 4) is 0 Å². The number of para-hydroxylation sites is 1. The van der Waals surface area contributed by atoms with Gasteiger partial charge in [-0.15, -0.1) is 0 Å². The second kappa shape index (κ2) is 5.70. The Morgan fingerprint density at radius 3 is 2.57 bits per heavy atom. The van der Waals surface area contributed by atoms with Gasteiger partial charge in [0.2, 0.25) is 0 Å². The molecule has 0 saturated heterocycles. The highest BCUT2D eigenvalue weighted by Gasteiger charge is 2.05. The van der Waals surface area contributed by atoms with Gasteiger partial charge in [0, 0.05) is 39.7 Å². The highest BCUT2D eigenvalue weighted by molar-refractivity contribution is 9.10. The van der Waals surface area contributed by atoms with Crippen LogP contribution >= 0.6 is 15.9 Å². The predicted molar refractivity (Wildman–Crippen MR) is 90.4 cm³/mol. The quantitative estimate of drug-likeness (QED) is 0.494. The normalized spacial score (nSPS) is 11.3. The van der Waals surface area contributed by atoms with Crippen LogP contribution in [0, 0.1) is 0 Å². The molecular formula is C18H14BrNO. The highest BCUT2D eigenvalue weighted by Crippen LogP contribution is 2.21. The van der Waals surface area contributed by atoms with Gasteiger partial charge in [-0.3, -0.25) is 4.79 Å². The van der Waals surface area contributed by atoms with E-state index in [1.165, 1.54) is 0 Å². The Morgan fingerprint density at radius 1 is 1.10 bits per heavy atom. The van der Waals surface area contributed by atoms with Gasteiger partial charge in [-0.2, -0.15) is 0 Å². The zero-order chi connectivity index (χ0) is 14.8. The minimum atomic E-state index is 0.00966. The van der Waals surface area contributed by atoms with Crippen LogP contribution in [0.2, 0.25) is 0 Å². The van der Waals surface area contributed by atoms with Crippen molar-refractivity contribution in [3.05, 3.63) is 76.4 Å². The molecule has 1 aromatic heterocycles. The Kier molecular flexibility index (Phi) is 3.76. The van der Waals surface area contributed by atoms with E-state index in [-0.39, 0.29) is 5.78 Å². The Bertz CT molecular complexity index is 828. The van der Waals surface area contributed by atoms with Crippen molar-refractivity contribution in [1.82, 2.24) is 4.57 Å². The van der Waals surface area contributed by atoms with E-state index in [2.05, 4.69) is 32.6 Å². The highest BCUT2D eigenvalue weighted by atomic mass is 79.9. The van der Waals surface area contributed by atoms with Crippen molar-refractivity contribution < 1.29 is 4.79 Å². The molecule has 0 aliphatic carbocycles. The summed E-state index contributed by atoms with van der Waals surface area (Å²) >= 11 is 3.37. The molecule has 0 aliphatic rings. The average molecular weight is 340 g/mol. The minimum Gasteiger partial charge on any atom is -0.350 e. The summed E-state index contributed by atoms with van der Waals surface area (Å²) in [5.74, 6) is 0.00966. The molecule has 3 heteroatoms. The third-order valence-electron chi connectivity index (χ3n) is 3.47. The van der Waals surface area contributed by atoms with Gasteiger partial charge in [0.1, 0.15) is 0 Å². The topological polar surface area (TPSA) is 22.0 Å². The van der Waals surface area contributed by atoms with Crippen LogP contribution in [-0.2, 0) is 7.05 Å². The lowest BCUT2D eigenvalue weighted by molar-refractivity contribution is 0.104. The number of rotatable bonds is 3. The number of hydrogen-bond donors (Lipinski definition) is 0. The lowest BCUT2D eigenvalue weighted by atomic mass is 10.1. The number of allylic oxidation sites excluding steroid dienone is 1. The van der Waals surface area contributed by atoms with Crippen molar-refractivity contribution in [1.29, 1.82) is 0 Å². The summed E-state index contributed by atoms with van der Waals surface area (Å²) in [5.41, 5.74) is 2.90. The zero-order valence-electron chi connectivity index (χ0n) is 11.6. The van der Waals surface area contributed by atoms with Crippen LogP contribution in [0.25, 0.3) is 17.0 Å². The fraction of sp³-hybridized carbons (Fsp3) is 0.0556. The summed E-state index contributed by atoms with van der Waals surface area (Å²) in [7, 11) is 2.01. The molecule has 0 N–H and O–H groups in total. The third kappa shape index (κ3) is 2.83. The van der Waals surface area contributed by atoms with Crippen LogP contribution in [0.15, 0.2) is 65.3 Å². The molecule has 0 spiro atoms. The van der Waals surface area contributed by atoms with E-state index in [0.29, 0.717) is 5.56 Å². The van der Waals surface area contributed by atoms with Crippen LogP contribution in [0.3, 0.4) is 0 Å². The first-order valence-electron chi connectivity index (χ1n) is 6.67. The molecule has 0 amide bonds. The summed E-state index contributed by atoms with van der Waals surface area (Å²) in [4.78, 5) is 12.2. The van der Waals surface area contributed by atoms with Gasteiger partial charge in [0.15, 0.2) is 5.78 Å². The van der Waals surface area contributed by atoms with Crippen LogP contribution in [0.4, 0.5) is 0 Å². The van der Waals surface area contributed by atoms with Crippen molar-refractivity contribution >= 4 is 38.7 Å². The van der Waals surface area contributed by atoms with Gasteiger partial charge in [0.25, 0.3) is 0 Å². The molecule has 0 saturated carbocycles. The van der Waals surface area contributed by atoms with Crippen LogP contribution in [0.1, 0.15) is 15.9 Å². The Morgan fingerprint density at radius 2 is 1.81 bits per heavy atom. The molecule has 0 atom stereocenters.